The first-order valence-corrected chi connectivity index (χ1v) is 4.27. The summed E-state index contributed by atoms with van der Waals surface area (Å²) in [5.74, 6) is 0. The Kier molecular flexibility index (Phi) is 3.54. The van der Waals surface area contributed by atoms with Gasteiger partial charge in [-0.1, -0.05) is 0 Å². The van der Waals surface area contributed by atoms with Crippen LogP contribution in [-0.4, -0.2) is 12.3 Å². The molecule has 0 atom stereocenters. The summed E-state index contributed by atoms with van der Waals surface area (Å²) < 4.78 is 85.0. The molecule has 0 heterocycles. The van der Waals surface area contributed by atoms with Crippen molar-refractivity contribution in [3.63, 3.8) is 0 Å². The number of carbonyl (C=O) groups excluding carboxylic acids is 1. The molecule has 0 saturated heterocycles. The number of anilines is 1. The summed E-state index contributed by atoms with van der Waals surface area (Å²) >= 11 is 0. The highest BCUT2D eigenvalue weighted by Gasteiger charge is 2.34. The molecule has 0 radical (unpaired) electrons. The molecule has 100 valence electrons. The zero-order valence-corrected chi connectivity index (χ0v) is 8.29. The van der Waals surface area contributed by atoms with Gasteiger partial charge in [0.1, 0.15) is 0 Å². The van der Waals surface area contributed by atoms with Crippen molar-refractivity contribution in [1.82, 2.24) is 0 Å². The van der Waals surface area contributed by atoms with Gasteiger partial charge in [0.05, 0.1) is 16.8 Å². The highest BCUT2D eigenvalue weighted by Crippen LogP contribution is 2.33. The summed E-state index contributed by atoms with van der Waals surface area (Å²) in [5, 5.41) is 0.782. The van der Waals surface area contributed by atoms with Gasteiger partial charge in [-0.3, -0.25) is 10.1 Å². The topological polar surface area (TPSA) is 29.1 Å². The molecule has 18 heavy (non-hydrogen) atoms. The number of hydrogen-bond donors (Lipinski definition) is 1. The number of rotatable bonds is 2. The second-order valence-corrected chi connectivity index (χ2v) is 3.15. The fourth-order valence-corrected chi connectivity index (χ4v) is 1.14. The first-order valence-electron chi connectivity index (χ1n) is 4.27. The van der Waals surface area contributed by atoms with Crippen molar-refractivity contribution in [3.05, 3.63) is 29.3 Å². The van der Waals surface area contributed by atoms with Gasteiger partial charge in [-0.05, 0) is 18.2 Å². The third kappa shape index (κ3) is 3.60. The Bertz CT molecular complexity index is 463. The van der Waals surface area contributed by atoms with Crippen LogP contribution in [0, 0.1) is 0 Å². The lowest BCUT2D eigenvalue weighted by molar-refractivity contribution is -0.137. The predicted molar refractivity (Wildman–Crippen MR) is 46.6 cm³/mol. The molecule has 2 nitrogen and oxygen atoms in total. The van der Waals surface area contributed by atoms with E-state index in [2.05, 4.69) is 0 Å². The standard InChI is InChI=1S/C9H4F7NO/c10-7(18)5-3-4(8(11,12)13)1-2-6(5)17-9(14,15)16/h1-3,17H. The van der Waals surface area contributed by atoms with Crippen molar-refractivity contribution in [2.75, 3.05) is 5.32 Å². The van der Waals surface area contributed by atoms with E-state index >= 15 is 0 Å². The van der Waals surface area contributed by atoms with E-state index in [1.54, 1.807) is 0 Å². The Balaban J connectivity index is 3.26. The third-order valence-electron chi connectivity index (χ3n) is 1.84. The fraction of sp³-hybridized carbons (Fsp3) is 0.222. The Morgan fingerprint density at radius 1 is 1.06 bits per heavy atom. The highest BCUT2D eigenvalue weighted by atomic mass is 19.4. The quantitative estimate of drug-likeness (QED) is 0.506. The van der Waals surface area contributed by atoms with Gasteiger partial charge < -0.3 is 0 Å². The number of nitrogens with one attached hydrogen (secondary N) is 1. The average molecular weight is 275 g/mol. The molecule has 0 spiro atoms. The molecule has 9 heteroatoms. The highest BCUT2D eigenvalue weighted by molar-refractivity contribution is 5.95. The van der Waals surface area contributed by atoms with Crippen LogP contribution in [0.15, 0.2) is 18.2 Å². The summed E-state index contributed by atoms with van der Waals surface area (Å²) in [6, 6.07) is -1.74. The average Bonchev–Trinajstić information content (AvgIpc) is 2.13. The van der Waals surface area contributed by atoms with Crippen LogP contribution in [-0.2, 0) is 6.18 Å². The summed E-state index contributed by atoms with van der Waals surface area (Å²) in [4.78, 5) is 10.4. The molecule has 0 amide bonds. The van der Waals surface area contributed by atoms with Gasteiger partial charge in [-0.25, -0.2) is 0 Å². The van der Waals surface area contributed by atoms with Crippen molar-refractivity contribution in [2.45, 2.75) is 12.5 Å². The van der Waals surface area contributed by atoms with Crippen LogP contribution in [0.2, 0.25) is 0 Å². The largest absolute Gasteiger partial charge is 0.482 e. The van der Waals surface area contributed by atoms with Crippen molar-refractivity contribution >= 4 is 11.7 Å². The molecule has 0 aliphatic heterocycles. The van der Waals surface area contributed by atoms with E-state index in [1.807, 2.05) is 0 Å². The van der Waals surface area contributed by atoms with Crippen LogP contribution < -0.4 is 5.32 Å². The molecular formula is C9H4F7NO. The number of benzene rings is 1. The minimum absolute atomic E-state index is 0.0103. The van der Waals surface area contributed by atoms with E-state index in [0.29, 0.717) is 12.1 Å². The number of carbonyl (C=O) groups is 1. The lowest BCUT2D eigenvalue weighted by Crippen LogP contribution is -2.22. The maximum absolute atomic E-state index is 12.4. The lowest BCUT2D eigenvalue weighted by Gasteiger charge is -2.14. The smallest absolute Gasteiger partial charge is 0.297 e. The van der Waals surface area contributed by atoms with Crippen LogP contribution in [0.5, 0.6) is 0 Å². The van der Waals surface area contributed by atoms with E-state index in [1.165, 1.54) is 0 Å². The van der Waals surface area contributed by atoms with Gasteiger partial charge in [-0.2, -0.15) is 30.7 Å². The molecule has 0 fully saturated rings. The molecule has 1 aromatic carbocycles. The van der Waals surface area contributed by atoms with Gasteiger partial charge in [0.15, 0.2) is 0 Å². The van der Waals surface area contributed by atoms with Gasteiger partial charge in [-0.15, -0.1) is 0 Å². The zero-order valence-electron chi connectivity index (χ0n) is 8.29. The minimum Gasteiger partial charge on any atom is -0.297 e. The maximum atomic E-state index is 12.4. The Morgan fingerprint density at radius 3 is 2.00 bits per heavy atom. The van der Waals surface area contributed by atoms with E-state index in [-0.39, 0.29) is 6.07 Å². The third-order valence-corrected chi connectivity index (χ3v) is 1.84. The van der Waals surface area contributed by atoms with Crippen LogP contribution >= 0.6 is 0 Å². The molecule has 1 N–H and O–H groups in total. The predicted octanol–water partition coefficient (Wildman–Crippen LogP) is 3.75. The Hall–Kier alpha value is -1.80. The first kappa shape index (κ1) is 14.3. The molecule has 0 aliphatic rings. The molecule has 0 bridgehead atoms. The van der Waals surface area contributed by atoms with E-state index in [4.69, 9.17) is 0 Å². The monoisotopic (exact) mass is 275 g/mol. The molecule has 0 aromatic heterocycles. The van der Waals surface area contributed by atoms with Crippen molar-refractivity contribution in [2.24, 2.45) is 0 Å². The van der Waals surface area contributed by atoms with Crippen LogP contribution in [0.4, 0.5) is 36.4 Å². The molecule has 0 unspecified atom stereocenters. The van der Waals surface area contributed by atoms with Crippen molar-refractivity contribution in [1.29, 1.82) is 0 Å². The van der Waals surface area contributed by atoms with E-state index in [9.17, 15) is 35.5 Å². The lowest BCUT2D eigenvalue weighted by atomic mass is 10.1. The molecule has 0 aliphatic carbocycles. The van der Waals surface area contributed by atoms with Gasteiger partial charge in [0.2, 0.25) is 0 Å². The second-order valence-electron chi connectivity index (χ2n) is 3.15. The van der Waals surface area contributed by atoms with Gasteiger partial charge >= 0.3 is 18.5 Å². The maximum Gasteiger partial charge on any atom is 0.482 e. The zero-order chi connectivity index (χ0) is 14.1. The number of alkyl halides is 6. The van der Waals surface area contributed by atoms with Crippen LogP contribution in [0.3, 0.4) is 0 Å². The summed E-state index contributed by atoms with van der Waals surface area (Å²) in [6.07, 6.45) is -9.88. The molecule has 1 rings (SSSR count). The van der Waals surface area contributed by atoms with E-state index in [0.717, 1.165) is 5.32 Å². The number of hydrogen-bond acceptors (Lipinski definition) is 2. The SMILES string of the molecule is O=C(F)c1cc(C(F)(F)F)ccc1NC(F)(F)F. The van der Waals surface area contributed by atoms with Gasteiger partial charge in [0, 0.05) is 0 Å². The number of halogens is 7. The summed E-state index contributed by atoms with van der Waals surface area (Å²) in [7, 11) is 0. The van der Waals surface area contributed by atoms with E-state index < -0.39 is 35.3 Å². The van der Waals surface area contributed by atoms with Crippen LogP contribution in [0.25, 0.3) is 0 Å². The van der Waals surface area contributed by atoms with Crippen molar-refractivity contribution in [3.8, 4) is 0 Å². The normalized spacial score (nSPS) is 12.4. The minimum atomic E-state index is -5.00. The van der Waals surface area contributed by atoms with Crippen molar-refractivity contribution < 1.29 is 35.5 Å². The summed E-state index contributed by atoms with van der Waals surface area (Å²) in [5.41, 5.74) is -3.83. The van der Waals surface area contributed by atoms with Gasteiger partial charge in [0.25, 0.3) is 0 Å². The summed E-state index contributed by atoms with van der Waals surface area (Å²) in [6.45, 7) is 0. The molecule has 1 aromatic rings. The second kappa shape index (κ2) is 4.46. The first-order chi connectivity index (χ1) is 8.00. The Labute approximate surface area is 95.4 Å². The Morgan fingerprint density at radius 2 is 1.61 bits per heavy atom. The molecule has 0 saturated carbocycles. The fourth-order valence-electron chi connectivity index (χ4n) is 1.14. The molecular weight excluding hydrogens is 271 g/mol. The van der Waals surface area contributed by atoms with Crippen LogP contribution in [0.1, 0.15) is 15.9 Å².